The Labute approximate surface area is 165 Å². The van der Waals surface area contributed by atoms with Crippen molar-refractivity contribution in [3.8, 4) is 0 Å². The van der Waals surface area contributed by atoms with Crippen LogP contribution in [0.15, 0.2) is 12.2 Å². The molecule has 2 saturated carbocycles. The molecule has 160 valence electrons. The standard InChI is InChI=1S/C17H26O9S2/c1-12(15(19)26-8-3-9-27(20,21)22)4-6-16(2)13-5-7-17(16,14(18)10-13)11-28(23,24)25/h13H,1,3-11H2,2H3,(H,20,21,22)(H,23,24,25). The van der Waals surface area contributed by atoms with Gasteiger partial charge in [0.25, 0.3) is 20.2 Å². The minimum absolute atomic E-state index is 0.0136. The number of hydrogen-bond donors (Lipinski definition) is 2. The summed E-state index contributed by atoms with van der Waals surface area (Å²) in [6.45, 7) is 5.30. The average Bonchev–Trinajstić information content (AvgIpc) is 2.90. The fourth-order valence-corrected chi connectivity index (χ4v) is 6.45. The number of fused-ring (bicyclic) bond motifs is 2. The van der Waals surface area contributed by atoms with E-state index in [9.17, 15) is 31.0 Å². The zero-order valence-corrected chi connectivity index (χ0v) is 17.4. The van der Waals surface area contributed by atoms with Gasteiger partial charge in [-0.15, -0.1) is 0 Å². The molecular formula is C17H26O9S2. The smallest absolute Gasteiger partial charge is 0.333 e. The number of hydrogen-bond acceptors (Lipinski definition) is 7. The van der Waals surface area contributed by atoms with Gasteiger partial charge in [0.15, 0.2) is 0 Å². The lowest BCUT2D eigenvalue weighted by Gasteiger charge is -2.39. The van der Waals surface area contributed by atoms with Gasteiger partial charge in [-0.25, -0.2) is 4.79 Å². The molecule has 0 aromatic rings. The fourth-order valence-electron chi connectivity index (χ4n) is 4.71. The number of ether oxygens (including phenoxy) is 1. The molecule has 28 heavy (non-hydrogen) atoms. The predicted molar refractivity (Wildman–Crippen MR) is 99.7 cm³/mol. The van der Waals surface area contributed by atoms with Gasteiger partial charge in [-0.2, -0.15) is 16.8 Å². The predicted octanol–water partition coefficient (Wildman–Crippen LogP) is 1.41. The van der Waals surface area contributed by atoms with Gasteiger partial charge in [0.2, 0.25) is 0 Å². The second-order valence-corrected chi connectivity index (χ2v) is 11.0. The molecule has 11 heteroatoms. The maximum Gasteiger partial charge on any atom is 0.333 e. The third-order valence-electron chi connectivity index (χ3n) is 6.32. The van der Waals surface area contributed by atoms with E-state index in [-0.39, 0.29) is 43.1 Å². The van der Waals surface area contributed by atoms with E-state index in [0.29, 0.717) is 19.3 Å². The minimum atomic E-state index is -4.34. The van der Waals surface area contributed by atoms with Crippen molar-refractivity contribution in [2.24, 2.45) is 16.7 Å². The van der Waals surface area contributed by atoms with E-state index in [1.807, 2.05) is 6.92 Å². The molecule has 0 saturated heterocycles. The molecule has 0 spiro atoms. The summed E-state index contributed by atoms with van der Waals surface area (Å²) in [5.41, 5.74) is -1.69. The number of rotatable bonds is 10. The van der Waals surface area contributed by atoms with Crippen LogP contribution < -0.4 is 0 Å². The Bertz CT molecular complexity index is 874. The summed E-state index contributed by atoms with van der Waals surface area (Å²) in [5, 5.41) is 0. The van der Waals surface area contributed by atoms with E-state index in [0.717, 1.165) is 0 Å². The van der Waals surface area contributed by atoms with Gasteiger partial charge in [-0.1, -0.05) is 13.5 Å². The largest absolute Gasteiger partial charge is 0.462 e. The summed E-state index contributed by atoms with van der Waals surface area (Å²) in [6.07, 6.45) is 1.81. The molecule has 3 atom stereocenters. The summed E-state index contributed by atoms with van der Waals surface area (Å²) < 4.78 is 67.2. The van der Waals surface area contributed by atoms with Gasteiger partial charge in [0, 0.05) is 12.0 Å². The normalized spacial score (nSPS) is 29.8. The number of carbonyl (C=O) groups excluding carboxylic acids is 2. The molecule has 0 radical (unpaired) electrons. The van der Waals surface area contributed by atoms with Gasteiger partial charge in [0.1, 0.15) is 5.78 Å². The van der Waals surface area contributed by atoms with Crippen LogP contribution in [-0.4, -0.2) is 55.8 Å². The quantitative estimate of drug-likeness (QED) is 0.223. The number of ketones is 1. The highest BCUT2D eigenvalue weighted by molar-refractivity contribution is 7.86. The van der Waals surface area contributed by atoms with Gasteiger partial charge >= 0.3 is 5.97 Å². The van der Waals surface area contributed by atoms with Gasteiger partial charge < -0.3 is 4.74 Å². The van der Waals surface area contributed by atoms with Crippen molar-refractivity contribution in [3.63, 3.8) is 0 Å². The van der Waals surface area contributed by atoms with Crippen molar-refractivity contribution >= 4 is 32.0 Å². The van der Waals surface area contributed by atoms with Crippen molar-refractivity contribution in [2.45, 2.75) is 45.4 Å². The Morgan fingerprint density at radius 3 is 2.43 bits per heavy atom. The topological polar surface area (TPSA) is 152 Å². The third-order valence-corrected chi connectivity index (χ3v) is 7.98. The average molecular weight is 439 g/mol. The molecule has 2 aliphatic rings. The van der Waals surface area contributed by atoms with E-state index in [4.69, 9.17) is 9.29 Å². The number of esters is 1. The van der Waals surface area contributed by atoms with Gasteiger partial charge in [0.05, 0.1) is 23.5 Å². The lowest BCUT2D eigenvalue weighted by Crippen LogP contribution is -2.43. The van der Waals surface area contributed by atoms with Crippen LogP contribution in [0.3, 0.4) is 0 Å². The summed E-state index contributed by atoms with van der Waals surface area (Å²) in [7, 11) is -8.46. The lowest BCUT2D eigenvalue weighted by atomic mass is 9.66. The summed E-state index contributed by atoms with van der Waals surface area (Å²) in [6, 6.07) is 0. The molecule has 2 N–H and O–H groups in total. The summed E-state index contributed by atoms with van der Waals surface area (Å²) in [4.78, 5) is 24.5. The molecule has 2 fully saturated rings. The molecule has 2 rings (SSSR count). The second kappa shape index (κ2) is 7.85. The fraction of sp³-hybridized carbons (Fsp3) is 0.765. The van der Waals surface area contributed by atoms with E-state index >= 15 is 0 Å². The highest BCUT2D eigenvalue weighted by Crippen LogP contribution is 2.66. The minimum Gasteiger partial charge on any atom is -0.462 e. The molecule has 0 heterocycles. The SMILES string of the molecule is C=C(CCC1(C)C2CCC1(CS(=O)(=O)O)C(=O)C2)C(=O)OCCCS(=O)(=O)O. The van der Waals surface area contributed by atoms with Gasteiger partial charge in [-0.05, 0) is 43.4 Å². The Kier molecular flexibility index (Phi) is 6.44. The molecule has 0 amide bonds. The molecular weight excluding hydrogens is 412 g/mol. The first-order valence-electron chi connectivity index (χ1n) is 8.99. The molecule has 0 aromatic carbocycles. The first kappa shape index (κ1) is 23.0. The Morgan fingerprint density at radius 1 is 1.25 bits per heavy atom. The monoisotopic (exact) mass is 438 g/mol. The van der Waals surface area contributed by atoms with Crippen LogP contribution in [-0.2, 0) is 34.6 Å². The van der Waals surface area contributed by atoms with Crippen LogP contribution in [0.2, 0.25) is 0 Å². The van der Waals surface area contributed by atoms with Gasteiger partial charge in [-0.3, -0.25) is 13.9 Å². The van der Waals surface area contributed by atoms with E-state index in [2.05, 4.69) is 6.58 Å². The second-order valence-electron chi connectivity index (χ2n) is 7.97. The molecule has 9 nitrogen and oxygen atoms in total. The summed E-state index contributed by atoms with van der Waals surface area (Å²) >= 11 is 0. The van der Waals surface area contributed by atoms with Crippen LogP contribution >= 0.6 is 0 Å². The van der Waals surface area contributed by atoms with Crippen LogP contribution in [0.1, 0.15) is 45.4 Å². The van der Waals surface area contributed by atoms with Crippen LogP contribution in [0.4, 0.5) is 0 Å². The van der Waals surface area contributed by atoms with Crippen molar-refractivity contribution in [2.75, 3.05) is 18.1 Å². The summed E-state index contributed by atoms with van der Waals surface area (Å²) in [5.74, 6) is -2.02. The number of carbonyl (C=O) groups is 2. The van der Waals surface area contributed by atoms with E-state index < -0.39 is 48.5 Å². The lowest BCUT2D eigenvalue weighted by molar-refractivity contribution is -0.139. The van der Waals surface area contributed by atoms with Crippen molar-refractivity contribution in [3.05, 3.63) is 12.2 Å². The molecule has 0 aliphatic heterocycles. The molecule has 3 unspecified atom stereocenters. The van der Waals surface area contributed by atoms with Crippen LogP contribution in [0, 0.1) is 16.7 Å². The maximum atomic E-state index is 12.5. The third kappa shape index (κ3) is 4.81. The first-order valence-corrected chi connectivity index (χ1v) is 12.2. The Hall–Kier alpha value is -1.30. The van der Waals surface area contributed by atoms with E-state index in [1.165, 1.54) is 0 Å². The highest BCUT2D eigenvalue weighted by atomic mass is 32.2. The first-order chi connectivity index (χ1) is 12.7. The number of Topliss-reactive ketones (excluding diaryl/α,β-unsaturated/α-hetero) is 1. The molecule has 2 aliphatic carbocycles. The Morgan fingerprint density at radius 2 is 1.89 bits per heavy atom. The van der Waals surface area contributed by atoms with E-state index in [1.54, 1.807) is 0 Å². The van der Waals surface area contributed by atoms with Crippen molar-refractivity contribution < 1.29 is 40.3 Å². The van der Waals surface area contributed by atoms with Crippen LogP contribution in [0.5, 0.6) is 0 Å². The van der Waals surface area contributed by atoms with Crippen molar-refractivity contribution in [1.29, 1.82) is 0 Å². The van der Waals surface area contributed by atoms with Crippen molar-refractivity contribution in [1.82, 2.24) is 0 Å². The molecule has 2 bridgehead atoms. The highest BCUT2D eigenvalue weighted by Gasteiger charge is 2.67. The maximum absolute atomic E-state index is 12.5. The Balaban J connectivity index is 1.97. The zero-order chi connectivity index (χ0) is 21.4. The molecule has 0 aromatic heterocycles. The van der Waals surface area contributed by atoms with Crippen LogP contribution in [0.25, 0.3) is 0 Å². The zero-order valence-electron chi connectivity index (χ0n) is 15.7.